The molecule has 3 aromatic rings. The van der Waals surface area contributed by atoms with Crippen molar-refractivity contribution in [2.45, 2.75) is 26.8 Å². The van der Waals surface area contributed by atoms with Gasteiger partial charge in [-0.2, -0.15) is 0 Å². The molecule has 1 aliphatic heterocycles. The minimum atomic E-state index is -0.249. The van der Waals surface area contributed by atoms with Crippen molar-refractivity contribution in [1.29, 1.82) is 0 Å². The molecule has 0 spiro atoms. The van der Waals surface area contributed by atoms with Gasteiger partial charge in [0.15, 0.2) is 0 Å². The highest BCUT2D eigenvalue weighted by Gasteiger charge is 2.19. The molecule has 4 nitrogen and oxygen atoms in total. The standard InChI is InChI=1S/C22H26N2O2S/c1-16-5-6-20-18(14-21(25)26-22(20)17(16)2)15-24-11-9-23(10-12-24)8-7-19-4-3-13-27-19/h3-6,13-14H,7-12,15H2,1-2H3. The van der Waals surface area contributed by atoms with Crippen molar-refractivity contribution >= 4 is 22.3 Å². The van der Waals surface area contributed by atoms with Crippen LogP contribution in [0.25, 0.3) is 11.0 Å². The van der Waals surface area contributed by atoms with Crippen molar-refractivity contribution in [3.63, 3.8) is 0 Å². The molecule has 4 rings (SSSR count). The van der Waals surface area contributed by atoms with Crippen LogP contribution >= 0.6 is 11.3 Å². The fourth-order valence-electron chi connectivity index (χ4n) is 3.79. The van der Waals surface area contributed by atoms with Crippen LogP contribution in [0, 0.1) is 13.8 Å². The first-order chi connectivity index (χ1) is 13.1. The van der Waals surface area contributed by atoms with Crippen LogP contribution in [0.2, 0.25) is 0 Å². The Hall–Kier alpha value is -1.95. The lowest BCUT2D eigenvalue weighted by Gasteiger charge is -2.34. The van der Waals surface area contributed by atoms with E-state index < -0.39 is 0 Å². The maximum absolute atomic E-state index is 12.1. The first kappa shape index (κ1) is 18.4. The van der Waals surface area contributed by atoms with Gasteiger partial charge in [0.05, 0.1) is 0 Å². The summed E-state index contributed by atoms with van der Waals surface area (Å²) in [4.78, 5) is 18.5. The van der Waals surface area contributed by atoms with E-state index in [0.29, 0.717) is 0 Å². The molecule has 2 aromatic heterocycles. The lowest BCUT2D eigenvalue weighted by Crippen LogP contribution is -2.46. The number of aryl methyl sites for hydroxylation is 2. The van der Waals surface area contributed by atoms with Gasteiger partial charge in [0, 0.05) is 55.6 Å². The molecule has 1 aliphatic rings. The van der Waals surface area contributed by atoms with E-state index >= 15 is 0 Å². The number of piperazine rings is 1. The molecule has 27 heavy (non-hydrogen) atoms. The monoisotopic (exact) mass is 382 g/mol. The molecule has 0 unspecified atom stereocenters. The number of benzene rings is 1. The molecule has 1 aromatic carbocycles. The lowest BCUT2D eigenvalue weighted by molar-refractivity contribution is 0.128. The van der Waals surface area contributed by atoms with Crippen LogP contribution in [0.1, 0.15) is 21.6 Å². The van der Waals surface area contributed by atoms with Gasteiger partial charge in [-0.15, -0.1) is 11.3 Å². The zero-order valence-electron chi connectivity index (χ0n) is 16.0. The Labute approximate surface area is 164 Å². The fourth-order valence-corrected chi connectivity index (χ4v) is 4.49. The van der Waals surface area contributed by atoms with Gasteiger partial charge >= 0.3 is 5.63 Å². The van der Waals surface area contributed by atoms with Crippen LogP contribution in [-0.2, 0) is 13.0 Å². The number of fused-ring (bicyclic) bond motifs is 1. The molecule has 0 atom stereocenters. The zero-order valence-corrected chi connectivity index (χ0v) is 16.8. The van der Waals surface area contributed by atoms with Gasteiger partial charge < -0.3 is 9.32 Å². The van der Waals surface area contributed by atoms with Gasteiger partial charge in [-0.1, -0.05) is 18.2 Å². The van der Waals surface area contributed by atoms with E-state index in [0.717, 1.165) is 73.3 Å². The summed E-state index contributed by atoms with van der Waals surface area (Å²) >= 11 is 1.84. The quantitative estimate of drug-likeness (QED) is 0.629. The molecular weight excluding hydrogens is 356 g/mol. The number of hydrogen-bond donors (Lipinski definition) is 0. The van der Waals surface area contributed by atoms with Crippen molar-refractivity contribution in [2.24, 2.45) is 0 Å². The maximum Gasteiger partial charge on any atom is 0.336 e. The molecule has 0 amide bonds. The summed E-state index contributed by atoms with van der Waals surface area (Å²) in [6.45, 7) is 10.3. The Morgan fingerprint density at radius 1 is 1.07 bits per heavy atom. The smallest absolute Gasteiger partial charge is 0.336 e. The third kappa shape index (κ3) is 4.15. The van der Waals surface area contributed by atoms with Crippen molar-refractivity contribution in [3.8, 4) is 0 Å². The van der Waals surface area contributed by atoms with Gasteiger partial charge in [-0.05, 0) is 48.4 Å². The topological polar surface area (TPSA) is 36.7 Å². The molecule has 1 saturated heterocycles. The lowest BCUT2D eigenvalue weighted by atomic mass is 10.0. The van der Waals surface area contributed by atoms with Gasteiger partial charge in [-0.25, -0.2) is 4.79 Å². The van der Waals surface area contributed by atoms with Crippen LogP contribution in [0.3, 0.4) is 0 Å². The van der Waals surface area contributed by atoms with E-state index in [1.807, 2.05) is 18.3 Å². The third-order valence-corrected chi connectivity index (χ3v) is 6.57. The number of rotatable bonds is 5. The largest absolute Gasteiger partial charge is 0.422 e. The minimum Gasteiger partial charge on any atom is -0.422 e. The number of nitrogens with zero attached hydrogens (tertiary/aromatic N) is 2. The Kier molecular flexibility index (Phi) is 5.43. The second-order valence-corrected chi connectivity index (χ2v) is 8.45. The van der Waals surface area contributed by atoms with Crippen LogP contribution in [0.4, 0.5) is 0 Å². The molecular formula is C22H26N2O2S. The predicted octanol–water partition coefficient (Wildman–Crippen LogP) is 3.83. The summed E-state index contributed by atoms with van der Waals surface area (Å²) in [6.07, 6.45) is 1.14. The highest BCUT2D eigenvalue weighted by molar-refractivity contribution is 7.09. The van der Waals surface area contributed by atoms with Crippen LogP contribution in [-0.4, -0.2) is 42.5 Å². The van der Waals surface area contributed by atoms with Crippen molar-refractivity contribution in [3.05, 3.63) is 67.7 Å². The predicted molar refractivity (Wildman–Crippen MR) is 112 cm³/mol. The summed E-state index contributed by atoms with van der Waals surface area (Å²) in [5.41, 5.74) is 3.79. The van der Waals surface area contributed by atoms with Crippen molar-refractivity contribution in [2.75, 3.05) is 32.7 Å². The van der Waals surface area contributed by atoms with Crippen LogP contribution in [0.15, 0.2) is 44.9 Å². The average molecular weight is 383 g/mol. The van der Waals surface area contributed by atoms with E-state index in [-0.39, 0.29) is 5.63 Å². The van der Waals surface area contributed by atoms with Crippen LogP contribution in [0.5, 0.6) is 0 Å². The minimum absolute atomic E-state index is 0.249. The average Bonchev–Trinajstić information content (AvgIpc) is 3.18. The normalized spacial score (nSPS) is 16.2. The molecule has 1 fully saturated rings. The summed E-state index contributed by atoms with van der Waals surface area (Å²) in [5, 5.41) is 3.22. The van der Waals surface area contributed by atoms with E-state index in [1.165, 1.54) is 4.88 Å². The molecule has 0 bridgehead atoms. The Morgan fingerprint density at radius 2 is 1.85 bits per heavy atom. The van der Waals surface area contributed by atoms with Crippen LogP contribution < -0.4 is 5.63 Å². The summed E-state index contributed by atoms with van der Waals surface area (Å²) in [7, 11) is 0. The highest BCUT2D eigenvalue weighted by atomic mass is 32.1. The van der Waals surface area contributed by atoms with Crippen molar-refractivity contribution < 1.29 is 4.42 Å². The summed E-state index contributed by atoms with van der Waals surface area (Å²) < 4.78 is 5.51. The molecule has 142 valence electrons. The summed E-state index contributed by atoms with van der Waals surface area (Å²) in [5.74, 6) is 0. The van der Waals surface area contributed by atoms with Gasteiger partial charge in [0.1, 0.15) is 5.58 Å². The van der Waals surface area contributed by atoms with Gasteiger partial charge in [0.25, 0.3) is 0 Å². The second-order valence-electron chi connectivity index (χ2n) is 7.42. The van der Waals surface area contributed by atoms with E-state index in [2.05, 4.69) is 46.4 Å². The van der Waals surface area contributed by atoms with Gasteiger partial charge in [0.2, 0.25) is 0 Å². The summed E-state index contributed by atoms with van der Waals surface area (Å²) in [6, 6.07) is 10.2. The Balaban J connectivity index is 1.42. The molecule has 0 saturated carbocycles. The van der Waals surface area contributed by atoms with E-state index in [9.17, 15) is 4.79 Å². The van der Waals surface area contributed by atoms with Crippen molar-refractivity contribution in [1.82, 2.24) is 9.80 Å². The molecule has 0 N–H and O–H groups in total. The first-order valence-electron chi connectivity index (χ1n) is 9.60. The SMILES string of the molecule is Cc1ccc2c(CN3CCN(CCc4cccs4)CC3)cc(=O)oc2c1C. The maximum atomic E-state index is 12.1. The zero-order chi connectivity index (χ0) is 18.8. The molecule has 5 heteroatoms. The molecule has 0 aliphatic carbocycles. The Bertz CT molecular complexity index is 970. The number of hydrogen-bond acceptors (Lipinski definition) is 5. The Morgan fingerprint density at radius 3 is 2.59 bits per heavy atom. The number of thiophene rings is 1. The van der Waals surface area contributed by atoms with E-state index in [4.69, 9.17) is 4.42 Å². The fraction of sp³-hybridized carbons (Fsp3) is 0.409. The molecule has 0 radical (unpaired) electrons. The second kappa shape index (κ2) is 7.97. The highest BCUT2D eigenvalue weighted by Crippen LogP contribution is 2.24. The molecule has 3 heterocycles. The van der Waals surface area contributed by atoms with E-state index in [1.54, 1.807) is 6.07 Å². The third-order valence-electron chi connectivity index (χ3n) is 5.63. The first-order valence-corrected chi connectivity index (χ1v) is 10.5. The van der Waals surface area contributed by atoms with Gasteiger partial charge in [-0.3, -0.25) is 4.90 Å².